The highest BCUT2D eigenvalue weighted by Gasteiger charge is 2.34. The molecule has 7 heteroatoms. The molecule has 0 aromatic carbocycles. The molecule has 0 aliphatic heterocycles. The summed E-state index contributed by atoms with van der Waals surface area (Å²) in [5.41, 5.74) is -0.741. The zero-order chi connectivity index (χ0) is 18.4. The Morgan fingerprint density at radius 2 is 1.83 bits per heavy atom. The van der Waals surface area contributed by atoms with E-state index < -0.39 is 5.60 Å². The predicted molar refractivity (Wildman–Crippen MR) is 96.4 cm³/mol. The molecule has 1 saturated carbocycles. The molecule has 1 aliphatic carbocycles. The smallest absolute Gasteiger partial charge is 0.410 e. The molecule has 140 valence electrons. The summed E-state index contributed by atoms with van der Waals surface area (Å²) in [7, 11) is 3.41. The predicted octanol–water partition coefficient (Wildman–Crippen LogP) is 1.98. The highest BCUT2D eigenvalue weighted by Crippen LogP contribution is 2.27. The summed E-state index contributed by atoms with van der Waals surface area (Å²) in [5.74, 6) is 0.695. The van der Waals surface area contributed by atoms with Crippen LogP contribution in [0.5, 0.6) is 0 Å². The first kappa shape index (κ1) is 20.5. The molecule has 0 heterocycles. The van der Waals surface area contributed by atoms with Crippen LogP contribution >= 0.6 is 0 Å². The monoisotopic (exact) mass is 342 g/mol. The third kappa shape index (κ3) is 7.86. The van der Waals surface area contributed by atoms with Crippen LogP contribution in [-0.2, 0) is 9.47 Å². The van der Waals surface area contributed by atoms with Gasteiger partial charge in [0, 0.05) is 39.8 Å². The van der Waals surface area contributed by atoms with Crippen LogP contribution in [0, 0.1) is 0 Å². The van der Waals surface area contributed by atoms with Crippen molar-refractivity contribution in [3.8, 4) is 0 Å². The van der Waals surface area contributed by atoms with Crippen LogP contribution in [-0.4, -0.2) is 68.0 Å². The van der Waals surface area contributed by atoms with Gasteiger partial charge in [0.2, 0.25) is 0 Å². The van der Waals surface area contributed by atoms with Crippen LogP contribution in [0.1, 0.15) is 47.5 Å². The molecule has 1 amide bonds. The van der Waals surface area contributed by atoms with Gasteiger partial charge < -0.3 is 25.0 Å². The van der Waals surface area contributed by atoms with Crippen LogP contribution in [0.2, 0.25) is 0 Å². The fraction of sp³-hybridized carbons (Fsp3) is 0.882. The van der Waals surface area contributed by atoms with E-state index in [0.717, 1.165) is 12.8 Å². The second-order valence-corrected chi connectivity index (χ2v) is 7.72. The van der Waals surface area contributed by atoms with E-state index in [2.05, 4.69) is 15.6 Å². The van der Waals surface area contributed by atoms with Gasteiger partial charge in [-0.1, -0.05) is 0 Å². The fourth-order valence-electron chi connectivity index (χ4n) is 2.01. The molecule has 24 heavy (non-hydrogen) atoms. The molecule has 0 bridgehead atoms. The summed E-state index contributed by atoms with van der Waals surface area (Å²) >= 11 is 0. The summed E-state index contributed by atoms with van der Waals surface area (Å²) < 4.78 is 10.9. The second kappa shape index (κ2) is 8.55. The van der Waals surface area contributed by atoms with E-state index in [4.69, 9.17) is 9.47 Å². The molecular weight excluding hydrogens is 308 g/mol. The molecule has 0 saturated heterocycles. The Bertz CT molecular complexity index is 440. The van der Waals surface area contributed by atoms with Crippen molar-refractivity contribution < 1.29 is 14.3 Å². The third-order valence-corrected chi connectivity index (χ3v) is 3.72. The van der Waals surface area contributed by atoms with Crippen LogP contribution in [0.15, 0.2) is 4.99 Å². The maximum atomic E-state index is 12.3. The maximum Gasteiger partial charge on any atom is 0.410 e. The van der Waals surface area contributed by atoms with Crippen molar-refractivity contribution in [1.29, 1.82) is 0 Å². The number of amides is 1. The molecule has 0 aromatic rings. The van der Waals surface area contributed by atoms with Gasteiger partial charge in [0.15, 0.2) is 5.96 Å². The highest BCUT2D eigenvalue weighted by molar-refractivity contribution is 5.79. The van der Waals surface area contributed by atoms with Gasteiger partial charge in [-0.15, -0.1) is 0 Å². The Labute approximate surface area is 146 Å². The van der Waals surface area contributed by atoms with Crippen molar-refractivity contribution in [3.05, 3.63) is 0 Å². The molecule has 1 rings (SSSR count). The van der Waals surface area contributed by atoms with Gasteiger partial charge >= 0.3 is 6.09 Å². The number of guanidine groups is 1. The summed E-state index contributed by atoms with van der Waals surface area (Å²) in [6.07, 6.45) is 1.86. The lowest BCUT2D eigenvalue weighted by molar-refractivity contribution is 0.0237. The number of hydrogen-bond donors (Lipinski definition) is 2. The molecule has 0 unspecified atom stereocenters. The van der Waals surface area contributed by atoms with Crippen molar-refractivity contribution in [1.82, 2.24) is 15.5 Å². The summed E-state index contributed by atoms with van der Waals surface area (Å²) in [6.45, 7) is 11.5. The number of ether oxygens (including phenoxy) is 2. The molecule has 0 aromatic heterocycles. The van der Waals surface area contributed by atoms with Gasteiger partial charge in [-0.05, 0) is 47.5 Å². The third-order valence-electron chi connectivity index (χ3n) is 3.72. The number of methoxy groups -OCH3 is 1. The first-order chi connectivity index (χ1) is 11.1. The lowest BCUT2D eigenvalue weighted by Gasteiger charge is -2.28. The van der Waals surface area contributed by atoms with Gasteiger partial charge in [-0.25, -0.2) is 4.79 Å². The first-order valence-electron chi connectivity index (χ1n) is 8.57. The average molecular weight is 342 g/mol. The number of nitrogens with zero attached hydrogens (tertiary/aromatic N) is 2. The van der Waals surface area contributed by atoms with E-state index in [1.165, 1.54) is 0 Å². The molecule has 0 atom stereocenters. The molecule has 2 N–H and O–H groups in total. The summed E-state index contributed by atoms with van der Waals surface area (Å²) in [6, 6.07) is 0.309. The number of carbonyl (C=O) groups excluding carboxylic acids is 1. The van der Waals surface area contributed by atoms with Crippen LogP contribution in [0.4, 0.5) is 4.79 Å². The number of nitrogens with one attached hydrogen (secondary N) is 2. The Hall–Kier alpha value is -1.50. The molecule has 7 nitrogen and oxygen atoms in total. The lowest BCUT2D eigenvalue weighted by Crippen LogP contribution is -2.48. The van der Waals surface area contributed by atoms with Gasteiger partial charge in [0.05, 0.1) is 5.60 Å². The van der Waals surface area contributed by atoms with E-state index in [1.807, 2.05) is 39.5 Å². The lowest BCUT2D eigenvalue weighted by atomic mass is 10.1. The van der Waals surface area contributed by atoms with Crippen LogP contribution < -0.4 is 10.6 Å². The van der Waals surface area contributed by atoms with Gasteiger partial charge in [0.1, 0.15) is 5.60 Å². The summed E-state index contributed by atoms with van der Waals surface area (Å²) in [5, 5.41) is 6.46. The topological polar surface area (TPSA) is 75.2 Å². The minimum absolute atomic E-state index is 0.240. The number of aliphatic imine (C=N–C) groups is 1. The number of hydrogen-bond acceptors (Lipinski definition) is 4. The zero-order valence-corrected chi connectivity index (χ0v) is 16.2. The van der Waals surface area contributed by atoms with E-state index in [0.29, 0.717) is 31.6 Å². The van der Waals surface area contributed by atoms with E-state index in [-0.39, 0.29) is 11.7 Å². The maximum absolute atomic E-state index is 12.3. The van der Waals surface area contributed by atoms with E-state index in [9.17, 15) is 4.79 Å². The van der Waals surface area contributed by atoms with Crippen molar-refractivity contribution >= 4 is 12.1 Å². The van der Waals surface area contributed by atoms with Gasteiger partial charge in [-0.2, -0.15) is 0 Å². The van der Waals surface area contributed by atoms with E-state index in [1.54, 1.807) is 14.2 Å². The van der Waals surface area contributed by atoms with Crippen molar-refractivity contribution in [3.63, 3.8) is 0 Å². The zero-order valence-electron chi connectivity index (χ0n) is 16.2. The normalized spacial score (nSPS) is 15.9. The second-order valence-electron chi connectivity index (χ2n) is 7.72. The fourth-order valence-corrected chi connectivity index (χ4v) is 2.01. The molecule has 0 radical (unpaired) electrons. The SMILES string of the molecule is CN=C(NCCN(C(=O)OC(C)(C)C)C1CC1)NCC(C)(C)OC. The Balaban J connectivity index is 2.43. The van der Waals surface area contributed by atoms with Crippen LogP contribution in [0.3, 0.4) is 0 Å². The molecule has 0 spiro atoms. The Kier molecular flexibility index (Phi) is 7.32. The molecule has 1 aliphatic rings. The average Bonchev–Trinajstić information content (AvgIpc) is 3.29. The van der Waals surface area contributed by atoms with Gasteiger partial charge in [0.25, 0.3) is 0 Å². The largest absolute Gasteiger partial charge is 0.444 e. The van der Waals surface area contributed by atoms with Crippen molar-refractivity contribution in [2.24, 2.45) is 4.99 Å². The molecule has 1 fully saturated rings. The highest BCUT2D eigenvalue weighted by atomic mass is 16.6. The van der Waals surface area contributed by atoms with E-state index >= 15 is 0 Å². The number of rotatable bonds is 7. The number of carbonyl (C=O) groups is 1. The standard InChI is InChI=1S/C17H34N4O3/c1-16(2,3)24-15(22)21(13-8-9-13)11-10-19-14(18-6)20-12-17(4,5)23-7/h13H,8-12H2,1-7H3,(H2,18,19,20). The Morgan fingerprint density at radius 3 is 2.29 bits per heavy atom. The summed E-state index contributed by atoms with van der Waals surface area (Å²) in [4.78, 5) is 18.3. The van der Waals surface area contributed by atoms with Crippen molar-refractivity contribution in [2.75, 3.05) is 33.8 Å². The molecular formula is C17H34N4O3. The van der Waals surface area contributed by atoms with Crippen molar-refractivity contribution in [2.45, 2.75) is 64.7 Å². The minimum atomic E-state index is -0.471. The Morgan fingerprint density at radius 1 is 1.21 bits per heavy atom. The van der Waals surface area contributed by atoms with Gasteiger partial charge in [-0.3, -0.25) is 4.99 Å². The first-order valence-corrected chi connectivity index (χ1v) is 8.57. The van der Waals surface area contributed by atoms with Crippen LogP contribution in [0.25, 0.3) is 0 Å². The quantitative estimate of drug-likeness (QED) is 0.546. The minimum Gasteiger partial charge on any atom is -0.444 e.